The Morgan fingerprint density at radius 1 is 1.41 bits per heavy atom. The maximum Gasteiger partial charge on any atom is 0.0749 e. The number of nitrogens with zero attached hydrogens (tertiary/aromatic N) is 4. The number of fused-ring (bicyclic) bond motifs is 3. The van der Waals surface area contributed by atoms with E-state index in [2.05, 4.69) is 14.9 Å². The Labute approximate surface area is 102 Å². The molecule has 17 heavy (non-hydrogen) atoms. The summed E-state index contributed by atoms with van der Waals surface area (Å²) in [6.45, 7) is 5.55. The molecule has 0 aromatic carbocycles. The highest BCUT2D eigenvalue weighted by molar-refractivity contribution is 5.07. The van der Waals surface area contributed by atoms with E-state index in [4.69, 9.17) is 0 Å². The highest BCUT2D eigenvalue weighted by Gasteiger charge is 2.35. The van der Waals surface area contributed by atoms with E-state index in [0.29, 0.717) is 12.5 Å². The summed E-state index contributed by atoms with van der Waals surface area (Å²) in [5.74, 6) is 0. The standard InChI is InChI=1S/C12H20N4O/c1-14-8-10(7-13-14)6-12(17)11-9-15-2-4-16(11)5-3-15/h7-8,11-12,17H,2-6,9H2,1H3. The highest BCUT2D eigenvalue weighted by atomic mass is 16.3. The van der Waals surface area contributed by atoms with Gasteiger partial charge in [0.2, 0.25) is 0 Å². The van der Waals surface area contributed by atoms with Gasteiger partial charge in [-0.05, 0) is 5.56 Å². The minimum Gasteiger partial charge on any atom is -0.391 e. The van der Waals surface area contributed by atoms with E-state index in [1.54, 1.807) is 4.68 Å². The molecule has 4 rings (SSSR count). The molecule has 3 aliphatic rings. The lowest BCUT2D eigenvalue weighted by Crippen LogP contribution is -2.64. The molecule has 1 N–H and O–H groups in total. The lowest BCUT2D eigenvalue weighted by molar-refractivity contribution is -0.0453. The topological polar surface area (TPSA) is 44.5 Å². The predicted molar refractivity (Wildman–Crippen MR) is 64.7 cm³/mol. The van der Waals surface area contributed by atoms with Crippen LogP contribution in [-0.2, 0) is 13.5 Å². The van der Waals surface area contributed by atoms with Crippen LogP contribution >= 0.6 is 0 Å². The van der Waals surface area contributed by atoms with Crippen molar-refractivity contribution in [3.63, 3.8) is 0 Å². The van der Waals surface area contributed by atoms with Crippen LogP contribution in [0.25, 0.3) is 0 Å². The van der Waals surface area contributed by atoms with Gasteiger partial charge < -0.3 is 5.11 Å². The molecule has 2 bridgehead atoms. The van der Waals surface area contributed by atoms with Crippen LogP contribution in [0.2, 0.25) is 0 Å². The van der Waals surface area contributed by atoms with E-state index in [1.807, 2.05) is 19.4 Å². The van der Waals surface area contributed by atoms with Gasteiger partial charge in [-0.2, -0.15) is 5.10 Å². The predicted octanol–water partition coefficient (Wildman–Crippen LogP) is -0.677. The monoisotopic (exact) mass is 236 g/mol. The Balaban J connectivity index is 1.64. The van der Waals surface area contributed by atoms with Crippen molar-refractivity contribution >= 4 is 0 Å². The Kier molecular flexibility index (Phi) is 2.90. The SMILES string of the molecule is Cn1cc(CC(O)C2CN3CCN2CC3)cn1. The van der Waals surface area contributed by atoms with Gasteiger partial charge in [0.15, 0.2) is 0 Å². The quantitative estimate of drug-likeness (QED) is 0.755. The van der Waals surface area contributed by atoms with Crippen molar-refractivity contribution in [2.75, 3.05) is 32.7 Å². The number of aryl methyl sites for hydroxylation is 1. The number of hydrogen-bond acceptors (Lipinski definition) is 4. The first kappa shape index (κ1) is 11.2. The lowest BCUT2D eigenvalue weighted by Gasteiger charge is -2.49. The molecule has 3 saturated heterocycles. The average Bonchev–Trinajstić information content (AvgIpc) is 2.76. The Morgan fingerprint density at radius 3 is 2.71 bits per heavy atom. The molecule has 5 heteroatoms. The zero-order chi connectivity index (χ0) is 11.8. The third-order valence-corrected chi connectivity index (χ3v) is 3.97. The average molecular weight is 236 g/mol. The van der Waals surface area contributed by atoms with Crippen LogP contribution in [0.3, 0.4) is 0 Å². The minimum atomic E-state index is -0.276. The Morgan fingerprint density at radius 2 is 2.18 bits per heavy atom. The van der Waals surface area contributed by atoms with Crippen molar-refractivity contribution in [2.45, 2.75) is 18.6 Å². The van der Waals surface area contributed by atoms with Crippen LogP contribution in [-0.4, -0.2) is 69.6 Å². The number of aliphatic hydroxyl groups is 1. The molecule has 2 atom stereocenters. The molecule has 3 fully saturated rings. The van der Waals surface area contributed by atoms with Crippen molar-refractivity contribution < 1.29 is 5.11 Å². The van der Waals surface area contributed by atoms with Gasteiger partial charge in [-0.25, -0.2) is 0 Å². The summed E-state index contributed by atoms with van der Waals surface area (Å²) in [5.41, 5.74) is 1.12. The molecule has 5 nitrogen and oxygen atoms in total. The highest BCUT2D eigenvalue weighted by Crippen LogP contribution is 2.20. The van der Waals surface area contributed by atoms with Crippen LogP contribution in [0.5, 0.6) is 0 Å². The van der Waals surface area contributed by atoms with E-state index in [1.165, 1.54) is 0 Å². The summed E-state index contributed by atoms with van der Waals surface area (Å²) in [6.07, 6.45) is 4.27. The molecule has 2 unspecified atom stereocenters. The van der Waals surface area contributed by atoms with E-state index < -0.39 is 0 Å². The first-order valence-corrected chi connectivity index (χ1v) is 6.34. The molecule has 3 aliphatic heterocycles. The van der Waals surface area contributed by atoms with Crippen LogP contribution < -0.4 is 0 Å². The molecular formula is C12H20N4O. The Hall–Kier alpha value is -0.910. The summed E-state index contributed by atoms with van der Waals surface area (Å²) in [4.78, 5) is 4.89. The minimum absolute atomic E-state index is 0.276. The summed E-state index contributed by atoms with van der Waals surface area (Å²) < 4.78 is 1.79. The first-order chi connectivity index (χ1) is 8.22. The van der Waals surface area contributed by atoms with Crippen molar-refractivity contribution in [3.05, 3.63) is 18.0 Å². The van der Waals surface area contributed by atoms with E-state index in [0.717, 1.165) is 38.3 Å². The number of rotatable bonds is 3. The largest absolute Gasteiger partial charge is 0.391 e. The van der Waals surface area contributed by atoms with Gasteiger partial charge in [-0.1, -0.05) is 0 Å². The van der Waals surface area contributed by atoms with Gasteiger partial charge in [-0.3, -0.25) is 14.5 Å². The summed E-state index contributed by atoms with van der Waals surface area (Å²) in [5, 5.41) is 14.5. The van der Waals surface area contributed by atoms with Crippen LogP contribution in [0, 0.1) is 0 Å². The van der Waals surface area contributed by atoms with Crippen LogP contribution in [0.4, 0.5) is 0 Å². The summed E-state index contributed by atoms with van der Waals surface area (Å²) in [7, 11) is 1.91. The fourth-order valence-electron chi connectivity index (χ4n) is 2.98. The van der Waals surface area contributed by atoms with Crippen molar-refractivity contribution in [3.8, 4) is 0 Å². The number of hydrogen-bond donors (Lipinski definition) is 1. The van der Waals surface area contributed by atoms with Gasteiger partial charge in [-0.15, -0.1) is 0 Å². The molecule has 94 valence electrons. The second-order valence-corrected chi connectivity index (χ2v) is 5.20. The van der Waals surface area contributed by atoms with Gasteiger partial charge >= 0.3 is 0 Å². The molecule has 0 spiro atoms. The van der Waals surface area contributed by atoms with Crippen molar-refractivity contribution in [2.24, 2.45) is 7.05 Å². The van der Waals surface area contributed by atoms with Gasteiger partial charge in [0.1, 0.15) is 0 Å². The van der Waals surface area contributed by atoms with Gasteiger partial charge in [0, 0.05) is 58.4 Å². The van der Waals surface area contributed by atoms with Crippen LogP contribution in [0.1, 0.15) is 5.56 Å². The fourth-order valence-corrected chi connectivity index (χ4v) is 2.98. The zero-order valence-corrected chi connectivity index (χ0v) is 10.3. The summed E-state index contributed by atoms with van der Waals surface area (Å²) >= 11 is 0. The maximum atomic E-state index is 10.4. The smallest absolute Gasteiger partial charge is 0.0749 e. The molecule has 0 saturated carbocycles. The van der Waals surface area contributed by atoms with E-state index in [-0.39, 0.29) is 6.10 Å². The summed E-state index contributed by atoms with van der Waals surface area (Å²) in [6, 6.07) is 0.303. The normalized spacial score (nSPS) is 33.9. The van der Waals surface area contributed by atoms with Crippen molar-refractivity contribution in [1.82, 2.24) is 19.6 Å². The second kappa shape index (κ2) is 4.40. The second-order valence-electron chi connectivity index (χ2n) is 5.20. The molecule has 0 aliphatic carbocycles. The maximum absolute atomic E-state index is 10.4. The lowest BCUT2D eigenvalue weighted by atomic mass is 9.98. The Bertz CT molecular complexity index is 384. The molecule has 0 amide bonds. The molecule has 0 radical (unpaired) electrons. The zero-order valence-electron chi connectivity index (χ0n) is 10.3. The third-order valence-electron chi connectivity index (χ3n) is 3.97. The third kappa shape index (κ3) is 2.22. The molecule has 1 aromatic rings. The van der Waals surface area contributed by atoms with Gasteiger partial charge in [0.05, 0.1) is 12.3 Å². The molecule has 4 heterocycles. The number of piperazine rings is 3. The number of aromatic nitrogens is 2. The van der Waals surface area contributed by atoms with Crippen LogP contribution in [0.15, 0.2) is 12.4 Å². The molecule has 1 aromatic heterocycles. The van der Waals surface area contributed by atoms with Crippen molar-refractivity contribution in [1.29, 1.82) is 0 Å². The number of aliphatic hydroxyl groups excluding tert-OH is 1. The van der Waals surface area contributed by atoms with Gasteiger partial charge in [0.25, 0.3) is 0 Å². The van der Waals surface area contributed by atoms with E-state index >= 15 is 0 Å². The first-order valence-electron chi connectivity index (χ1n) is 6.34. The molecular weight excluding hydrogens is 216 g/mol. The fraction of sp³-hybridized carbons (Fsp3) is 0.750. The van der Waals surface area contributed by atoms with E-state index in [9.17, 15) is 5.11 Å².